The zero-order valence-electron chi connectivity index (χ0n) is 11.1. The number of aromatic nitrogens is 2. The number of halogens is 3. The lowest BCUT2D eigenvalue weighted by Crippen LogP contribution is -2.32. The van der Waals surface area contributed by atoms with Crippen LogP contribution in [0.4, 0.5) is 13.2 Å². The summed E-state index contributed by atoms with van der Waals surface area (Å²) in [6.07, 6.45) is -1.31. The van der Waals surface area contributed by atoms with Crippen molar-refractivity contribution in [3.63, 3.8) is 0 Å². The Morgan fingerprint density at radius 1 is 1.65 bits per heavy atom. The van der Waals surface area contributed by atoms with Crippen molar-refractivity contribution < 1.29 is 18.0 Å². The molecule has 1 atom stereocenters. The van der Waals surface area contributed by atoms with Crippen LogP contribution in [0.3, 0.4) is 0 Å². The van der Waals surface area contributed by atoms with E-state index in [-0.39, 0.29) is 18.4 Å². The molecule has 1 aromatic rings. The first-order valence-electron chi connectivity index (χ1n) is 6.40. The maximum absolute atomic E-state index is 12.7. The van der Waals surface area contributed by atoms with E-state index in [9.17, 15) is 18.0 Å². The lowest BCUT2D eigenvalue weighted by molar-refractivity contribution is -0.142. The Balaban J connectivity index is 2.27. The van der Waals surface area contributed by atoms with Gasteiger partial charge in [-0.15, -0.1) is 6.58 Å². The summed E-state index contributed by atoms with van der Waals surface area (Å²) in [6, 6.07) is 0.274. The van der Waals surface area contributed by atoms with Crippen molar-refractivity contribution in [2.75, 3.05) is 6.54 Å². The first-order chi connectivity index (χ1) is 9.34. The first-order valence-corrected chi connectivity index (χ1v) is 6.40. The molecule has 1 fully saturated rings. The van der Waals surface area contributed by atoms with E-state index in [4.69, 9.17) is 0 Å². The van der Waals surface area contributed by atoms with Gasteiger partial charge in [-0.2, -0.15) is 18.3 Å². The summed E-state index contributed by atoms with van der Waals surface area (Å²) < 4.78 is 39.4. The van der Waals surface area contributed by atoms with E-state index in [2.05, 4.69) is 17.0 Å². The third kappa shape index (κ3) is 3.02. The van der Waals surface area contributed by atoms with Crippen molar-refractivity contribution in [1.29, 1.82) is 0 Å². The zero-order valence-corrected chi connectivity index (χ0v) is 11.1. The number of hydrogen-bond acceptors (Lipinski definition) is 2. The molecule has 1 unspecified atom stereocenters. The maximum Gasteiger partial charge on any atom is 0.435 e. The van der Waals surface area contributed by atoms with Crippen molar-refractivity contribution in [2.45, 2.75) is 37.9 Å². The van der Waals surface area contributed by atoms with Gasteiger partial charge >= 0.3 is 6.18 Å². The van der Waals surface area contributed by atoms with Crippen LogP contribution in [-0.4, -0.2) is 22.2 Å². The molecule has 1 aliphatic carbocycles. The number of carbonyl (C=O) groups is 1. The van der Waals surface area contributed by atoms with Crippen molar-refractivity contribution in [3.8, 4) is 0 Å². The van der Waals surface area contributed by atoms with Crippen LogP contribution in [0.25, 0.3) is 0 Å². The van der Waals surface area contributed by atoms with Crippen LogP contribution >= 0.6 is 0 Å². The lowest BCUT2D eigenvalue weighted by atomic mass is 10.2. The molecule has 20 heavy (non-hydrogen) atoms. The molecule has 2 rings (SSSR count). The number of nitrogens with zero attached hydrogens (tertiary/aromatic N) is 2. The predicted octanol–water partition coefficient (Wildman–Crippen LogP) is 2.64. The summed E-state index contributed by atoms with van der Waals surface area (Å²) in [4.78, 5) is 11.9. The van der Waals surface area contributed by atoms with Gasteiger partial charge in [-0.1, -0.05) is 6.08 Å². The molecule has 7 heteroatoms. The molecule has 0 spiro atoms. The zero-order chi connectivity index (χ0) is 14.9. The van der Waals surface area contributed by atoms with E-state index in [1.165, 1.54) is 17.7 Å². The highest BCUT2D eigenvalue weighted by Gasteiger charge is 2.39. The average molecular weight is 287 g/mol. The van der Waals surface area contributed by atoms with E-state index in [0.717, 1.165) is 18.9 Å². The van der Waals surface area contributed by atoms with Crippen LogP contribution in [0.1, 0.15) is 43.1 Å². The van der Waals surface area contributed by atoms with Gasteiger partial charge in [0.15, 0.2) is 5.69 Å². The van der Waals surface area contributed by atoms with Gasteiger partial charge in [0.2, 0.25) is 5.91 Å². The van der Waals surface area contributed by atoms with Gasteiger partial charge < -0.3 is 5.32 Å². The SMILES string of the molecule is C=CCNC(=O)C(C)n1nc(C(F)(F)F)cc1C1CC1. The molecule has 1 heterocycles. The van der Waals surface area contributed by atoms with E-state index in [0.29, 0.717) is 5.69 Å². The van der Waals surface area contributed by atoms with Crippen molar-refractivity contribution in [2.24, 2.45) is 0 Å². The second-order valence-corrected chi connectivity index (χ2v) is 4.88. The van der Waals surface area contributed by atoms with Crippen LogP contribution in [0.5, 0.6) is 0 Å². The van der Waals surface area contributed by atoms with Gasteiger partial charge in [-0.25, -0.2) is 0 Å². The van der Waals surface area contributed by atoms with Crippen molar-refractivity contribution >= 4 is 5.91 Å². The molecule has 1 amide bonds. The van der Waals surface area contributed by atoms with Crippen LogP contribution < -0.4 is 5.32 Å². The van der Waals surface area contributed by atoms with Crippen LogP contribution in [0, 0.1) is 0 Å². The highest BCUT2D eigenvalue weighted by atomic mass is 19.4. The predicted molar refractivity (Wildman–Crippen MR) is 67.1 cm³/mol. The molecular formula is C13H16F3N3O. The minimum absolute atomic E-state index is 0.0771. The summed E-state index contributed by atoms with van der Waals surface area (Å²) >= 11 is 0. The average Bonchev–Trinajstić information content (AvgIpc) is 3.12. The molecule has 110 valence electrons. The Kier molecular flexibility index (Phi) is 3.87. The van der Waals surface area contributed by atoms with Gasteiger partial charge in [0.1, 0.15) is 6.04 Å². The number of carbonyl (C=O) groups excluding carboxylic acids is 1. The molecule has 0 bridgehead atoms. The van der Waals surface area contributed by atoms with E-state index < -0.39 is 17.9 Å². The number of hydrogen-bond donors (Lipinski definition) is 1. The number of nitrogens with one attached hydrogen (secondary N) is 1. The van der Waals surface area contributed by atoms with Gasteiger partial charge in [-0.05, 0) is 25.8 Å². The summed E-state index contributed by atoms with van der Waals surface area (Å²) in [5.41, 5.74) is -0.457. The maximum atomic E-state index is 12.7. The first kappa shape index (κ1) is 14.6. The second-order valence-electron chi connectivity index (χ2n) is 4.88. The Labute approximate surface area is 114 Å². The minimum atomic E-state index is -4.49. The number of rotatable bonds is 5. The molecule has 1 aliphatic rings. The largest absolute Gasteiger partial charge is 0.435 e. The summed E-state index contributed by atoms with van der Waals surface area (Å²) in [5, 5.41) is 6.14. The Bertz CT molecular complexity index is 517. The fourth-order valence-electron chi connectivity index (χ4n) is 1.97. The molecule has 0 saturated heterocycles. The van der Waals surface area contributed by atoms with E-state index >= 15 is 0 Å². The van der Waals surface area contributed by atoms with Crippen LogP contribution in [-0.2, 0) is 11.0 Å². The molecule has 0 aromatic carbocycles. The molecule has 4 nitrogen and oxygen atoms in total. The third-order valence-corrected chi connectivity index (χ3v) is 3.22. The minimum Gasteiger partial charge on any atom is -0.351 e. The molecule has 0 radical (unpaired) electrons. The standard InChI is InChI=1S/C13H16F3N3O/c1-3-6-17-12(20)8(2)19-10(9-4-5-9)7-11(18-19)13(14,15)16/h3,7-9H,1,4-6H2,2H3,(H,17,20). The molecule has 0 aliphatic heterocycles. The normalized spacial score (nSPS) is 16.8. The second kappa shape index (κ2) is 5.30. The fraction of sp³-hybridized carbons (Fsp3) is 0.538. The van der Waals surface area contributed by atoms with Crippen LogP contribution in [0.2, 0.25) is 0 Å². The topological polar surface area (TPSA) is 46.9 Å². The molecule has 1 N–H and O–H groups in total. The smallest absolute Gasteiger partial charge is 0.351 e. The van der Waals surface area contributed by atoms with Gasteiger partial charge in [0.25, 0.3) is 0 Å². The van der Waals surface area contributed by atoms with Crippen molar-refractivity contribution in [3.05, 3.63) is 30.1 Å². The van der Waals surface area contributed by atoms with E-state index in [1.807, 2.05) is 0 Å². The highest BCUT2D eigenvalue weighted by Crippen LogP contribution is 2.42. The summed E-state index contributed by atoms with van der Waals surface area (Å²) in [7, 11) is 0. The molecular weight excluding hydrogens is 271 g/mol. The van der Waals surface area contributed by atoms with Gasteiger partial charge in [0.05, 0.1) is 0 Å². The summed E-state index contributed by atoms with van der Waals surface area (Å²) in [6.45, 7) is 5.28. The van der Waals surface area contributed by atoms with Gasteiger partial charge in [0, 0.05) is 18.2 Å². The van der Waals surface area contributed by atoms with Gasteiger partial charge in [-0.3, -0.25) is 9.48 Å². The number of amides is 1. The fourth-order valence-corrected chi connectivity index (χ4v) is 1.97. The Hall–Kier alpha value is -1.79. The monoisotopic (exact) mass is 287 g/mol. The lowest BCUT2D eigenvalue weighted by Gasteiger charge is -2.15. The highest BCUT2D eigenvalue weighted by molar-refractivity contribution is 5.80. The van der Waals surface area contributed by atoms with Crippen molar-refractivity contribution in [1.82, 2.24) is 15.1 Å². The summed E-state index contributed by atoms with van der Waals surface area (Å²) in [5.74, 6) is -0.295. The van der Waals surface area contributed by atoms with Crippen LogP contribution in [0.15, 0.2) is 18.7 Å². The molecule has 1 saturated carbocycles. The number of alkyl halides is 3. The third-order valence-electron chi connectivity index (χ3n) is 3.22. The quantitative estimate of drug-likeness (QED) is 0.846. The van der Waals surface area contributed by atoms with E-state index in [1.54, 1.807) is 0 Å². The molecule has 1 aromatic heterocycles. The Morgan fingerprint density at radius 3 is 2.80 bits per heavy atom. The Morgan fingerprint density at radius 2 is 2.30 bits per heavy atom.